The minimum atomic E-state index is -1.88. The van der Waals surface area contributed by atoms with Crippen LogP contribution in [0.2, 0.25) is 15.1 Å². The average Bonchev–Trinajstić information content (AvgIpc) is 3.07. The second kappa shape index (κ2) is 7.14. The Labute approximate surface area is 158 Å². The highest BCUT2D eigenvalue weighted by Gasteiger charge is 2.40. The number of rotatable bonds is 5. The Morgan fingerprint density at radius 1 is 1.00 bits per heavy atom. The first-order chi connectivity index (χ1) is 11.9. The molecule has 128 valence electrons. The summed E-state index contributed by atoms with van der Waals surface area (Å²) >= 11 is 18.0. The third-order valence-electron chi connectivity index (χ3n) is 3.75. The molecule has 0 saturated carbocycles. The summed E-state index contributed by atoms with van der Waals surface area (Å²) in [5, 5.41) is 19.8. The van der Waals surface area contributed by atoms with Crippen LogP contribution >= 0.6 is 34.8 Å². The van der Waals surface area contributed by atoms with E-state index >= 15 is 0 Å². The van der Waals surface area contributed by atoms with Crippen LogP contribution in [0.25, 0.3) is 0 Å². The van der Waals surface area contributed by atoms with Gasteiger partial charge in [-0.1, -0.05) is 46.9 Å². The summed E-state index contributed by atoms with van der Waals surface area (Å²) in [6.45, 7) is -0.0839. The lowest BCUT2D eigenvalue weighted by atomic mass is 9.85. The van der Waals surface area contributed by atoms with E-state index in [9.17, 15) is 9.90 Å². The van der Waals surface area contributed by atoms with Crippen molar-refractivity contribution in [3.05, 3.63) is 81.3 Å². The number of aliphatic hydroxyl groups is 1. The smallest absolute Gasteiger partial charge is 0.202 e. The molecular weight excluding hydrogens is 385 g/mol. The Hall–Kier alpha value is -1.92. The first-order valence-corrected chi connectivity index (χ1v) is 8.34. The third kappa shape index (κ3) is 3.70. The molecule has 5 nitrogen and oxygen atoms in total. The van der Waals surface area contributed by atoms with E-state index in [0.717, 1.165) is 0 Å². The molecule has 8 heteroatoms. The van der Waals surface area contributed by atoms with Crippen LogP contribution < -0.4 is 0 Å². The highest BCUT2D eigenvalue weighted by Crippen LogP contribution is 2.32. The molecule has 0 radical (unpaired) electrons. The number of halogens is 3. The zero-order valence-electron chi connectivity index (χ0n) is 12.7. The van der Waals surface area contributed by atoms with Gasteiger partial charge in [-0.15, -0.1) is 10.2 Å². The number of aromatic nitrogens is 3. The molecule has 0 amide bonds. The average molecular weight is 397 g/mol. The zero-order chi connectivity index (χ0) is 18.0. The summed E-state index contributed by atoms with van der Waals surface area (Å²) in [5.74, 6) is -0.565. The summed E-state index contributed by atoms with van der Waals surface area (Å²) in [5.41, 5.74) is -1.34. The third-order valence-corrected chi connectivity index (χ3v) is 4.55. The van der Waals surface area contributed by atoms with Gasteiger partial charge in [0.2, 0.25) is 5.78 Å². The van der Waals surface area contributed by atoms with Crippen LogP contribution in [0, 0.1) is 0 Å². The molecule has 0 bridgehead atoms. The van der Waals surface area contributed by atoms with Crippen molar-refractivity contribution in [2.24, 2.45) is 0 Å². The number of carbonyl (C=O) groups excluding carboxylic acids is 1. The molecule has 25 heavy (non-hydrogen) atoms. The largest absolute Gasteiger partial charge is 0.375 e. The quantitative estimate of drug-likeness (QED) is 0.662. The fourth-order valence-corrected chi connectivity index (χ4v) is 3.10. The van der Waals surface area contributed by atoms with Gasteiger partial charge in [0.1, 0.15) is 12.7 Å². The standard InChI is InChI=1S/C17H12Cl3N3O2/c18-12-3-1-11(2-4-12)17(25,8-23-9-21-22-10-23)16(24)14-6-5-13(19)7-15(14)20/h1-7,9-10,25H,8H2. The van der Waals surface area contributed by atoms with Gasteiger partial charge in [0.15, 0.2) is 5.60 Å². The Morgan fingerprint density at radius 3 is 2.20 bits per heavy atom. The number of ketones is 1. The van der Waals surface area contributed by atoms with Crippen LogP contribution in [0.15, 0.2) is 55.1 Å². The van der Waals surface area contributed by atoms with Crippen LogP contribution in [-0.4, -0.2) is 25.7 Å². The van der Waals surface area contributed by atoms with Crippen molar-refractivity contribution < 1.29 is 9.90 Å². The maximum atomic E-state index is 13.1. The van der Waals surface area contributed by atoms with E-state index in [1.54, 1.807) is 30.3 Å². The number of benzene rings is 2. The minimum Gasteiger partial charge on any atom is -0.375 e. The van der Waals surface area contributed by atoms with Gasteiger partial charge in [0.05, 0.1) is 11.6 Å². The maximum absolute atomic E-state index is 13.1. The molecule has 2 aromatic carbocycles. The monoisotopic (exact) mass is 395 g/mol. The number of Topliss-reactive ketones (excluding diaryl/α,β-unsaturated/α-hetero) is 1. The van der Waals surface area contributed by atoms with Crippen LogP contribution in [0.1, 0.15) is 15.9 Å². The molecule has 0 aliphatic rings. The van der Waals surface area contributed by atoms with Crippen molar-refractivity contribution in [3.8, 4) is 0 Å². The SMILES string of the molecule is O=C(c1ccc(Cl)cc1Cl)C(O)(Cn1cnnc1)c1ccc(Cl)cc1. The number of carbonyl (C=O) groups is 1. The Morgan fingerprint density at radius 2 is 1.60 bits per heavy atom. The van der Waals surface area contributed by atoms with Crippen LogP contribution in [0.3, 0.4) is 0 Å². The van der Waals surface area contributed by atoms with Gasteiger partial charge in [0, 0.05) is 15.6 Å². The van der Waals surface area contributed by atoms with Crippen molar-refractivity contribution in [1.29, 1.82) is 0 Å². The van der Waals surface area contributed by atoms with Crippen molar-refractivity contribution in [3.63, 3.8) is 0 Å². The number of hydrogen-bond acceptors (Lipinski definition) is 4. The molecule has 0 spiro atoms. The highest BCUT2D eigenvalue weighted by molar-refractivity contribution is 6.37. The normalized spacial score (nSPS) is 13.4. The van der Waals surface area contributed by atoms with E-state index in [1.165, 1.54) is 29.4 Å². The molecule has 0 saturated heterocycles. The lowest BCUT2D eigenvalue weighted by Gasteiger charge is -2.28. The van der Waals surface area contributed by atoms with Crippen molar-refractivity contribution >= 4 is 40.6 Å². The van der Waals surface area contributed by atoms with Gasteiger partial charge in [0.25, 0.3) is 0 Å². The van der Waals surface area contributed by atoms with Crippen molar-refractivity contribution in [1.82, 2.24) is 14.8 Å². The summed E-state index contributed by atoms with van der Waals surface area (Å²) in [6, 6.07) is 10.9. The number of nitrogens with zero attached hydrogens (tertiary/aromatic N) is 3. The van der Waals surface area contributed by atoms with E-state index in [-0.39, 0.29) is 17.1 Å². The summed E-state index contributed by atoms with van der Waals surface area (Å²) in [6.07, 6.45) is 2.83. The molecule has 3 aromatic rings. The second-order valence-electron chi connectivity index (χ2n) is 5.45. The molecule has 0 fully saturated rings. The van der Waals surface area contributed by atoms with Gasteiger partial charge in [-0.3, -0.25) is 4.79 Å². The Kier molecular flexibility index (Phi) is 5.11. The van der Waals surface area contributed by atoms with E-state index in [4.69, 9.17) is 34.8 Å². The van der Waals surface area contributed by atoms with Gasteiger partial charge >= 0.3 is 0 Å². The molecule has 1 N–H and O–H groups in total. The number of hydrogen-bond donors (Lipinski definition) is 1. The fraction of sp³-hybridized carbons (Fsp3) is 0.118. The van der Waals surface area contributed by atoms with Gasteiger partial charge in [-0.05, 0) is 35.9 Å². The van der Waals surface area contributed by atoms with Crippen LogP contribution in [-0.2, 0) is 12.1 Å². The summed E-state index contributed by atoms with van der Waals surface area (Å²) in [7, 11) is 0. The van der Waals surface area contributed by atoms with Crippen molar-refractivity contribution in [2.75, 3.05) is 0 Å². The second-order valence-corrected chi connectivity index (χ2v) is 6.73. The Bertz CT molecular complexity index is 898. The molecule has 1 aromatic heterocycles. The predicted octanol–water partition coefficient (Wildman–Crippen LogP) is 4.01. The molecule has 3 rings (SSSR count). The molecule has 1 unspecified atom stereocenters. The first-order valence-electron chi connectivity index (χ1n) is 7.21. The van der Waals surface area contributed by atoms with Gasteiger partial charge in [-0.25, -0.2) is 0 Å². The summed E-state index contributed by atoms with van der Waals surface area (Å²) in [4.78, 5) is 13.1. The minimum absolute atomic E-state index is 0.0839. The van der Waals surface area contributed by atoms with E-state index < -0.39 is 11.4 Å². The zero-order valence-corrected chi connectivity index (χ0v) is 15.0. The predicted molar refractivity (Wildman–Crippen MR) is 96.2 cm³/mol. The van der Waals surface area contributed by atoms with E-state index in [1.807, 2.05) is 0 Å². The molecular formula is C17H12Cl3N3O2. The van der Waals surface area contributed by atoms with Gasteiger partial charge < -0.3 is 9.67 Å². The summed E-state index contributed by atoms with van der Waals surface area (Å²) < 4.78 is 1.51. The van der Waals surface area contributed by atoms with Crippen LogP contribution in [0.4, 0.5) is 0 Å². The van der Waals surface area contributed by atoms with Crippen molar-refractivity contribution in [2.45, 2.75) is 12.1 Å². The van der Waals surface area contributed by atoms with E-state index in [0.29, 0.717) is 15.6 Å². The fourth-order valence-electron chi connectivity index (χ4n) is 2.48. The van der Waals surface area contributed by atoms with Gasteiger partial charge in [-0.2, -0.15) is 0 Å². The topological polar surface area (TPSA) is 68.0 Å². The highest BCUT2D eigenvalue weighted by atomic mass is 35.5. The lowest BCUT2D eigenvalue weighted by Crippen LogP contribution is -2.40. The maximum Gasteiger partial charge on any atom is 0.202 e. The first kappa shape index (κ1) is 17.9. The lowest BCUT2D eigenvalue weighted by molar-refractivity contribution is 0.0201. The molecule has 0 aliphatic carbocycles. The van der Waals surface area contributed by atoms with E-state index in [2.05, 4.69) is 10.2 Å². The Balaban J connectivity index is 2.09. The van der Waals surface area contributed by atoms with Crippen LogP contribution in [0.5, 0.6) is 0 Å². The molecule has 0 aliphatic heterocycles. The molecule has 1 heterocycles. The molecule has 1 atom stereocenters.